The van der Waals surface area contributed by atoms with Gasteiger partial charge in [0.05, 0.1) is 16.4 Å². The molecule has 0 radical (unpaired) electrons. The van der Waals surface area contributed by atoms with Crippen molar-refractivity contribution in [1.29, 1.82) is 0 Å². The van der Waals surface area contributed by atoms with Crippen molar-refractivity contribution in [2.24, 2.45) is 0 Å². The van der Waals surface area contributed by atoms with E-state index < -0.39 is 22.3 Å². The number of halogens is 1. The number of nitrogens with one attached hydrogen (secondary N) is 1. The number of aromatic nitrogens is 3. The Bertz CT molecular complexity index is 948. The zero-order chi connectivity index (χ0) is 18.5. The SMILES string of the molecule is O=C(CSc1ncn(-c2ccccc2)n1)Nc1ccc(F)c([N+](=O)[O-])c1. The summed E-state index contributed by atoms with van der Waals surface area (Å²) in [4.78, 5) is 26.0. The van der Waals surface area contributed by atoms with Gasteiger partial charge in [-0.3, -0.25) is 14.9 Å². The zero-order valence-electron chi connectivity index (χ0n) is 13.2. The van der Waals surface area contributed by atoms with Crippen LogP contribution in [0.25, 0.3) is 5.69 Å². The Kier molecular flexibility index (Phi) is 5.23. The molecule has 3 aromatic rings. The van der Waals surface area contributed by atoms with Crippen molar-refractivity contribution in [2.45, 2.75) is 5.16 Å². The van der Waals surface area contributed by atoms with E-state index in [9.17, 15) is 19.3 Å². The van der Waals surface area contributed by atoms with Gasteiger partial charge >= 0.3 is 5.69 Å². The highest BCUT2D eigenvalue weighted by atomic mass is 32.2. The van der Waals surface area contributed by atoms with Gasteiger partial charge in [0.1, 0.15) is 6.33 Å². The molecule has 1 N–H and O–H groups in total. The highest BCUT2D eigenvalue weighted by molar-refractivity contribution is 7.99. The minimum absolute atomic E-state index is 0.00395. The number of benzene rings is 2. The molecule has 2 aromatic carbocycles. The molecule has 26 heavy (non-hydrogen) atoms. The van der Waals surface area contributed by atoms with Gasteiger partial charge in [0.2, 0.25) is 16.9 Å². The van der Waals surface area contributed by atoms with E-state index in [1.165, 1.54) is 6.07 Å². The lowest BCUT2D eigenvalue weighted by molar-refractivity contribution is -0.387. The molecule has 0 fully saturated rings. The number of hydrogen-bond acceptors (Lipinski definition) is 6. The van der Waals surface area contributed by atoms with Gasteiger partial charge in [-0.1, -0.05) is 30.0 Å². The summed E-state index contributed by atoms with van der Waals surface area (Å²) in [6.45, 7) is 0. The number of nitro benzene ring substituents is 1. The summed E-state index contributed by atoms with van der Waals surface area (Å²) in [7, 11) is 0. The van der Waals surface area contributed by atoms with Gasteiger partial charge in [0, 0.05) is 11.8 Å². The average molecular weight is 373 g/mol. The van der Waals surface area contributed by atoms with E-state index in [4.69, 9.17) is 0 Å². The van der Waals surface area contributed by atoms with Crippen LogP contribution >= 0.6 is 11.8 Å². The third kappa shape index (κ3) is 4.22. The minimum Gasteiger partial charge on any atom is -0.325 e. The highest BCUT2D eigenvalue weighted by Crippen LogP contribution is 2.22. The fourth-order valence-electron chi connectivity index (χ4n) is 2.08. The molecule has 0 saturated carbocycles. The molecular weight excluding hydrogens is 361 g/mol. The van der Waals surface area contributed by atoms with Crippen LogP contribution in [0.3, 0.4) is 0 Å². The normalized spacial score (nSPS) is 10.5. The number of hydrogen-bond donors (Lipinski definition) is 1. The lowest BCUT2D eigenvalue weighted by Gasteiger charge is -2.04. The van der Waals surface area contributed by atoms with E-state index in [2.05, 4.69) is 15.4 Å². The van der Waals surface area contributed by atoms with E-state index in [1.807, 2.05) is 30.3 Å². The van der Waals surface area contributed by atoms with Crippen molar-refractivity contribution >= 4 is 29.0 Å². The first-order valence-corrected chi connectivity index (χ1v) is 8.35. The van der Waals surface area contributed by atoms with Crippen LogP contribution < -0.4 is 5.32 Å². The maximum absolute atomic E-state index is 13.3. The molecule has 8 nitrogen and oxygen atoms in total. The van der Waals surface area contributed by atoms with E-state index >= 15 is 0 Å². The molecular formula is C16H12FN5O3S. The summed E-state index contributed by atoms with van der Waals surface area (Å²) < 4.78 is 14.9. The van der Waals surface area contributed by atoms with Gasteiger partial charge in [-0.25, -0.2) is 9.67 Å². The lowest BCUT2D eigenvalue weighted by atomic mass is 10.2. The predicted octanol–water partition coefficient (Wildman–Crippen LogP) is 3.05. The molecule has 0 unspecified atom stereocenters. The van der Waals surface area contributed by atoms with Crippen molar-refractivity contribution in [3.63, 3.8) is 0 Å². The maximum Gasteiger partial charge on any atom is 0.306 e. The Labute approximate surface area is 151 Å². The molecule has 1 aromatic heterocycles. The minimum atomic E-state index is -0.960. The number of para-hydroxylation sites is 1. The van der Waals surface area contributed by atoms with Crippen molar-refractivity contribution < 1.29 is 14.1 Å². The number of nitrogens with zero attached hydrogens (tertiary/aromatic N) is 4. The summed E-state index contributed by atoms with van der Waals surface area (Å²) in [6.07, 6.45) is 1.54. The first-order valence-electron chi connectivity index (χ1n) is 7.36. The second kappa shape index (κ2) is 7.74. The number of amides is 1. The summed E-state index contributed by atoms with van der Waals surface area (Å²) >= 11 is 1.11. The zero-order valence-corrected chi connectivity index (χ0v) is 14.0. The second-order valence-electron chi connectivity index (χ2n) is 5.07. The molecule has 0 bridgehead atoms. The highest BCUT2D eigenvalue weighted by Gasteiger charge is 2.15. The van der Waals surface area contributed by atoms with Crippen LogP contribution in [0.15, 0.2) is 60.0 Å². The second-order valence-corrected chi connectivity index (χ2v) is 6.01. The van der Waals surface area contributed by atoms with Crippen LogP contribution in [-0.2, 0) is 4.79 Å². The number of carbonyl (C=O) groups excluding carboxylic acids is 1. The number of nitro groups is 1. The van der Waals surface area contributed by atoms with Crippen LogP contribution in [0, 0.1) is 15.9 Å². The number of thioether (sulfide) groups is 1. The van der Waals surface area contributed by atoms with Gasteiger partial charge < -0.3 is 5.32 Å². The summed E-state index contributed by atoms with van der Waals surface area (Å²) in [5.74, 6) is -1.37. The van der Waals surface area contributed by atoms with Crippen molar-refractivity contribution in [1.82, 2.24) is 14.8 Å². The third-order valence-corrected chi connectivity index (χ3v) is 4.10. The Morgan fingerprint density at radius 3 is 2.77 bits per heavy atom. The Morgan fingerprint density at radius 1 is 1.27 bits per heavy atom. The topological polar surface area (TPSA) is 103 Å². The van der Waals surface area contributed by atoms with Crippen LogP contribution in [0.5, 0.6) is 0 Å². The lowest BCUT2D eigenvalue weighted by Crippen LogP contribution is -2.14. The van der Waals surface area contributed by atoms with Gasteiger partial charge in [-0.15, -0.1) is 5.10 Å². The summed E-state index contributed by atoms with van der Waals surface area (Å²) in [6, 6.07) is 12.5. The molecule has 0 saturated heterocycles. The smallest absolute Gasteiger partial charge is 0.306 e. The fourth-order valence-corrected chi connectivity index (χ4v) is 2.68. The molecule has 0 aliphatic heterocycles. The molecule has 3 rings (SSSR count). The van der Waals surface area contributed by atoms with Crippen molar-refractivity contribution in [3.8, 4) is 5.69 Å². The van der Waals surface area contributed by atoms with Gasteiger partial charge in [-0.05, 0) is 24.3 Å². The Morgan fingerprint density at radius 2 is 2.04 bits per heavy atom. The van der Waals surface area contributed by atoms with Crippen LogP contribution in [-0.4, -0.2) is 31.3 Å². The Balaban J connectivity index is 1.59. The summed E-state index contributed by atoms with van der Waals surface area (Å²) in [5, 5.41) is 17.9. The quantitative estimate of drug-likeness (QED) is 0.405. The maximum atomic E-state index is 13.3. The third-order valence-electron chi connectivity index (χ3n) is 3.25. The van der Waals surface area contributed by atoms with Crippen molar-refractivity contribution in [3.05, 3.63) is 70.8 Å². The number of carbonyl (C=O) groups is 1. The molecule has 0 aliphatic rings. The van der Waals surface area contributed by atoms with Crippen LogP contribution in [0.4, 0.5) is 15.8 Å². The molecule has 0 atom stereocenters. The molecule has 132 valence electrons. The monoisotopic (exact) mass is 373 g/mol. The van der Waals surface area contributed by atoms with Crippen LogP contribution in [0.2, 0.25) is 0 Å². The Hall–Kier alpha value is -3.27. The van der Waals surface area contributed by atoms with Gasteiger partial charge in [0.25, 0.3) is 0 Å². The molecule has 10 heteroatoms. The van der Waals surface area contributed by atoms with E-state index in [0.29, 0.717) is 5.16 Å². The first kappa shape index (κ1) is 17.5. The number of anilines is 1. The van der Waals surface area contributed by atoms with E-state index in [1.54, 1.807) is 11.0 Å². The molecule has 1 amide bonds. The van der Waals surface area contributed by atoms with E-state index in [-0.39, 0.29) is 11.4 Å². The predicted molar refractivity (Wildman–Crippen MR) is 93.8 cm³/mol. The average Bonchev–Trinajstić information content (AvgIpc) is 3.11. The van der Waals surface area contributed by atoms with Crippen molar-refractivity contribution in [2.75, 3.05) is 11.1 Å². The summed E-state index contributed by atoms with van der Waals surface area (Å²) in [5.41, 5.74) is 0.292. The van der Waals surface area contributed by atoms with Gasteiger partial charge in [-0.2, -0.15) is 4.39 Å². The van der Waals surface area contributed by atoms with Crippen LogP contribution in [0.1, 0.15) is 0 Å². The largest absolute Gasteiger partial charge is 0.325 e. The molecule has 0 spiro atoms. The van der Waals surface area contributed by atoms with Gasteiger partial charge in [0.15, 0.2) is 0 Å². The standard InChI is InChI=1S/C16H12FN5O3S/c17-13-7-6-11(8-14(13)22(24)25)19-15(23)9-26-16-18-10-21(20-16)12-4-2-1-3-5-12/h1-8,10H,9H2,(H,19,23). The van der Waals surface area contributed by atoms with E-state index in [0.717, 1.165) is 29.6 Å². The fraction of sp³-hybridized carbons (Fsp3) is 0.0625. The molecule has 0 aliphatic carbocycles. The number of rotatable bonds is 6. The first-order chi connectivity index (χ1) is 12.5. The molecule has 1 heterocycles.